The third kappa shape index (κ3) is 2.60. The molecule has 1 rings (SSSR count). The van der Waals surface area contributed by atoms with Crippen molar-refractivity contribution >= 4 is 11.1 Å². The second kappa shape index (κ2) is 4.48. The highest BCUT2D eigenvalue weighted by molar-refractivity contribution is 7.79. The van der Waals surface area contributed by atoms with Crippen LogP contribution in [0.5, 0.6) is 0 Å². The lowest BCUT2D eigenvalue weighted by atomic mass is 10.0. The largest absolute Gasteiger partial charge is 0.302 e. The minimum atomic E-state index is -1.95. The van der Waals surface area contributed by atoms with Crippen LogP contribution in [0.4, 0.5) is 4.39 Å². The molecule has 0 heterocycles. The Hall–Kier alpha value is -0.740. The first-order valence-corrected chi connectivity index (χ1v) is 5.02. The first-order valence-electron chi connectivity index (χ1n) is 3.92. The van der Waals surface area contributed by atoms with Crippen molar-refractivity contribution in [3.63, 3.8) is 0 Å². The van der Waals surface area contributed by atoms with Gasteiger partial charge in [-0.25, -0.2) is 4.21 Å². The Balaban J connectivity index is 2.87. The van der Waals surface area contributed by atoms with Crippen LogP contribution in [0.2, 0.25) is 0 Å². The molecule has 72 valence electrons. The van der Waals surface area contributed by atoms with E-state index >= 15 is 0 Å². The van der Waals surface area contributed by atoms with Crippen molar-refractivity contribution in [3.8, 4) is 0 Å². The van der Waals surface area contributed by atoms with Gasteiger partial charge >= 0.3 is 0 Å². The summed E-state index contributed by atoms with van der Waals surface area (Å²) in [6.07, 6.45) is 0. The monoisotopic (exact) mass is 202 g/mol. The molecule has 0 aliphatic carbocycles. The lowest BCUT2D eigenvalue weighted by Gasteiger charge is -2.06. The SMILES string of the molecule is CC(CF)c1ccc(S(=O)O)cc1. The molecule has 2 atom stereocenters. The van der Waals surface area contributed by atoms with Gasteiger partial charge in [-0.05, 0) is 17.7 Å². The average Bonchev–Trinajstić information content (AvgIpc) is 2.17. The van der Waals surface area contributed by atoms with E-state index in [1.165, 1.54) is 12.1 Å². The van der Waals surface area contributed by atoms with Crippen molar-refractivity contribution in [3.05, 3.63) is 29.8 Å². The molecule has 2 unspecified atom stereocenters. The number of halogens is 1. The molecular weight excluding hydrogens is 191 g/mol. The second-order valence-electron chi connectivity index (χ2n) is 2.87. The fraction of sp³-hybridized carbons (Fsp3) is 0.333. The zero-order valence-corrected chi connectivity index (χ0v) is 8.05. The Kier molecular flexibility index (Phi) is 3.57. The first-order chi connectivity index (χ1) is 6.15. The zero-order valence-electron chi connectivity index (χ0n) is 7.24. The molecule has 1 aromatic rings. The normalized spacial score (nSPS) is 15.3. The van der Waals surface area contributed by atoms with Gasteiger partial charge in [-0.15, -0.1) is 0 Å². The van der Waals surface area contributed by atoms with Crippen LogP contribution >= 0.6 is 0 Å². The van der Waals surface area contributed by atoms with Crippen LogP contribution in [0.15, 0.2) is 29.2 Å². The molecule has 1 aromatic carbocycles. The van der Waals surface area contributed by atoms with Crippen LogP contribution in [0.1, 0.15) is 18.4 Å². The van der Waals surface area contributed by atoms with Crippen molar-refractivity contribution in [2.75, 3.05) is 6.67 Å². The van der Waals surface area contributed by atoms with Crippen molar-refractivity contribution in [1.29, 1.82) is 0 Å². The van der Waals surface area contributed by atoms with Crippen LogP contribution in [0.3, 0.4) is 0 Å². The zero-order chi connectivity index (χ0) is 9.84. The standard InChI is InChI=1S/C9H11FO2S/c1-7(6-10)8-2-4-9(5-3-8)13(11)12/h2-5,7H,6H2,1H3,(H,11,12). The summed E-state index contributed by atoms with van der Waals surface area (Å²) in [5.74, 6) is -0.152. The van der Waals surface area contributed by atoms with Gasteiger partial charge in [0.05, 0.1) is 11.6 Å². The summed E-state index contributed by atoms with van der Waals surface area (Å²) in [5.41, 5.74) is 0.844. The third-order valence-electron chi connectivity index (χ3n) is 1.88. The predicted molar refractivity (Wildman–Crippen MR) is 49.9 cm³/mol. The summed E-state index contributed by atoms with van der Waals surface area (Å²) in [5, 5.41) is 0. The fourth-order valence-corrected chi connectivity index (χ4v) is 1.37. The highest BCUT2D eigenvalue weighted by Gasteiger charge is 2.05. The Bertz CT molecular complexity index is 297. The molecule has 0 fully saturated rings. The molecule has 2 nitrogen and oxygen atoms in total. The van der Waals surface area contributed by atoms with E-state index in [1.54, 1.807) is 19.1 Å². The maximum Gasteiger partial charge on any atom is 0.186 e. The number of hydrogen-bond acceptors (Lipinski definition) is 1. The smallest absolute Gasteiger partial charge is 0.186 e. The highest BCUT2D eigenvalue weighted by atomic mass is 32.2. The Morgan fingerprint density at radius 2 is 2.00 bits per heavy atom. The molecule has 4 heteroatoms. The van der Waals surface area contributed by atoms with Gasteiger partial charge in [-0.3, -0.25) is 4.39 Å². The van der Waals surface area contributed by atoms with Crippen LogP contribution in [-0.2, 0) is 11.1 Å². The molecular formula is C9H11FO2S. The number of alkyl halides is 1. The molecule has 0 bridgehead atoms. The maximum atomic E-state index is 12.2. The van der Waals surface area contributed by atoms with Crippen molar-refractivity contribution in [1.82, 2.24) is 0 Å². The molecule has 0 aliphatic heterocycles. The van der Waals surface area contributed by atoms with Gasteiger partial charge in [0.2, 0.25) is 0 Å². The Morgan fingerprint density at radius 1 is 1.46 bits per heavy atom. The van der Waals surface area contributed by atoms with Crippen LogP contribution in [0.25, 0.3) is 0 Å². The maximum absolute atomic E-state index is 12.2. The molecule has 0 amide bonds. The Labute approximate surface area is 79.1 Å². The third-order valence-corrected chi connectivity index (χ3v) is 2.56. The molecule has 13 heavy (non-hydrogen) atoms. The summed E-state index contributed by atoms with van der Waals surface area (Å²) in [6, 6.07) is 6.43. The fourth-order valence-electron chi connectivity index (χ4n) is 1.00. The summed E-state index contributed by atoms with van der Waals surface area (Å²) in [4.78, 5) is 0.342. The molecule has 0 saturated carbocycles. The van der Waals surface area contributed by atoms with Crippen LogP contribution in [-0.4, -0.2) is 15.4 Å². The van der Waals surface area contributed by atoms with Gasteiger partial charge in [-0.1, -0.05) is 19.1 Å². The van der Waals surface area contributed by atoms with Gasteiger partial charge in [-0.2, -0.15) is 0 Å². The molecule has 0 aliphatic rings. The van der Waals surface area contributed by atoms with Crippen molar-refractivity contribution < 1.29 is 13.2 Å². The summed E-state index contributed by atoms with van der Waals surface area (Å²) < 4.78 is 31.5. The number of benzene rings is 1. The van der Waals surface area contributed by atoms with E-state index < -0.39 is 17.8 Å². The Morgan fingerprint density at radius 3 is 2.38 bits per heavy atom. The topological polar surface area (TPSA) is 37.3 Å². The predicted octanol–water partition coefficient (Wildman–Crippen LogP) is 2.34. The van der Waals surface area contributed by atoms with Crippen LogP contribution < -0.4 is 0 Å². The van der Waals surface area contributed by atoms with Gasteiger partial charge in [0.15, 0.2) is 11.1 Å². The van der Waals surface area contributed by atoms with E-state index in [9.17, 15) is 8.60 Å². The molecule has 0 radical (unpaired) electrons. The van der Waals surface area contributed by atoms with Gasteiger partial charge in [0, 0.05) is 5.92 Å². The van der Waals surface area contributed by atoms with Crippen molar-refractivity contribution in [2.45, 2.75) is 17.7 Å². The van der Waals surface area contributed by atoms with Gasteiger partial charge in [0.25, 0.3) is 0 Å². The quantitative estimate of drug-likeness (QED) is 0.764. The van der Waals surface area contributed by atoms with E-state index in [4.69, 9.17) is 4.55 Å². The van der Waals surface area contributed by atoms with E-state index in [0.29, 0.717) is 4.90 Å². The lowest BCUT2D eigenvalue weighted by molar-refractivity contribution is 0.447. The van der Waals surface area contributed by atoms with Gasteiger partial charge in [0.1, 0.15) is 0 Å². The second-order valence-corrected chi connectivity index (χ2v) is 3.84. The molecule has 0 saturated heterocycles. The lowest BCUT2D eigenvalue weighted by Crippen LogP contribution is -1.96. The van der Waals surface area contributed by atoms with Gasteiger partial charge < -0.3 is 4.55 Å². The highest BCUT2D eigenvalue weighted by Crippen LogP contribution is 2.17. The van der Waals surface area contributed by atoms with Crippen molar-refractivity contribution in [2.24, 2.45) is 0 Å². The van der Waals surface area contributed by atoms with Crippen LogP contribution in [0, 0.1) is 0 Å². The van der Waals surface area contributed by atoms with E-state index in [-0.39, 0.29) is 5.92 Å². The number of rotatable bonds is 3. The van der Waals surface area contributed by atoms with E-state index in [1.807, 2.05) is 0 Å². The minimum absolute atomic E-state index is 0.152. The first kappa shape index (κ1) is 10.3. The number of hydrogen-bond donors (Lipinski definition) is 1. The molecule has 1 N–H and O–H groups in total. The summed E-state index contributed by atoms with van der Waals surface area (Å²) in [7, 11) is 0. The minimum Gasteiger partial charge on any atom is -0.302 e. The van der Waals surface area contributed by atoms with E-state index in [0.717, 1.165) is 5.56 Å². The average molecular weight is 202 g/mol. The molecule has 0 aromatic heterocycles. The molecule has 0 spiro atoms. The summed E-state index contributed by atoms with van der Waals surface area (Å²) in [6.45, 7) is 1.35. The van der Waals surface area contributed by atoms with E-state index in [2.05, 4.69) is 0 Å². The summed E-state index contributed by atoms with van der Waals surface area (Å²) >= 11 is -1.95.